The van der Waals surface area contributed by atoms with Crippen molar-refractivity contribution in [1.82, 2.24) is 9.78 Å². The number of rotatable bonds is 4. The molecule has 1 saturated heterocycles. The van der Waals surface area contributed by atoms with Gasteiger partial charge in [0.15, 0.2) is 11.5 Å². The largest absolute Gasteiger partial charge is 0.493 e. The maximum absolute atomic E-state index is 5.38. The van der Waals surface area contributed by atoms with Gasteiger partial charge in [0.1, 0.15) is 0 Å². The lowest BCUT2D eigenvalue weighted by Gasteiger charge is -2.34. The molecule has 0 N–H and O–H groups in total. The van der Waals surface area contributed by atoms with E-state index in [1.165, 1.54) is 5.69 Å². The Bertz CT molecular complexity index is 575. The van der Waals surface area contributed by atoms with E-state index in [9.17, 15) is 0 Å². The molecule has 1 aromatic carbocycles. The van der Waals surface area contributed by atoms with Gasteiger partial charge in [-0.25, -0.2) is 0 Å². The number of benzene rings is 1. The molecule has 0 spiro atoms. The molecule has 1 fully saturated rings. The van der Waals surface area contributed by atoms with Crippen LogP contribution in [-0.2, 0) is 0 Å². The summed E-state index contributed by atoms with van der Waals surface area (Å²) in [6.07, 6.45) is 6.11. The number of ether oxygens (including phenoxy) is 2. The van der Waals surface area contributed by atoms with Crippen molar-refractivity contribution in [2.24, 2.45) is 0 Å². The van der Waals surface area contributed by atoms with Crippen molar-refractivity contribution in [1.29, 1.82) is 0 Å². The van der Waals surface area contributed by atoms with Crippen LogP contribution in [0.4, 0.5) is 5.69 Å². The second-order valence-electron chi connectivity index (χ2n) is 5.24. The Morgan fingerprint density at radius 2 is 1.86 bits per heavy atom. The van der Waals surface area contributed by atoms with Gasteiger partial charge in [-0.2, -0.15) is 5.10 Å². The van der Waals surface area contributed by atoms with E-state index in [-0.39, 0.29) is 0 Å². The summed E-state index contributed by atoms with van der Waals surface area (Å²) in [5.41, 5.74) is 1.19. The van der Waals surface area contributed by atoms with Gasteiger partial charge in [-0.05, 0) is 31.0 Å². The van der Waals surface area contributed by atoms with E-state index in [1.807, 2.05) is 24.4 Å². The van der Waals surface area contributed by atoms with E-state index in [0.29, 0.717) is 6.04 Å². The minimum absolute atomic E-state index is 0.511. The van der Waals surface area contributed by atoms with Crippen LogP contribution in [0.5, 0.6) is 11.5 Å². The lowest BCUT2D eigenvalue weighted by Crippen LogP contribution is -2.34. The summed E-state index contributed by atoms with van der Waals surface area (Å²) in [7, 11) is 3.33. The highest BCUT2D eigenvalue weighted by atomic mass is 16.5. The van der Waals surface area contributed by atoms with E-state index < -0.39 is 0 Å². The molecular formula is C16H21N3O2. The Labute approximate surface area is 125 Å². The van der Waals surface area contributed by atoms with Crippen LogP contribution in [0.1, 0.15) is 18.9 Å². The van der Waals surface area contributed by atoms with Crippen LogP contribution in [-0.4, -0.2) is 37.1 Å². The van der Waals surface area contributed by atoms with Crippen molar-refractivity contribution < 1.29 is 9.47 Å². The molecule has 112 valence electrons. The van der Waals surface area contributed by atoms with Crippen LogP contribution in [0.3, 0.4) is 0 Å². The number of hydrogen-bond acceptors (Lipinski definition) is 4. The molecule has 2 aromatic rings. The van der Waals surface area contributed by atoms with Gasteiger partial charge in [0.25, 0.3) is 0 Å². The van der Waals surface area contributed by atoms with Crippen molar-refractivity contribution in [3.63, 3.8) is 0 Å². The van der Waals surface area contributed by atoms with Crippen LogP contribution in [0.15, 0.2) is 36.7 Å². The van der Waals surface area contributed by atoms with E-state index >= 15 is 0 Å². The molecule has 5 nitrogen and oxygen atoms in total. The average Bonchev–Trinajstić information content (AvgIpc) is 3.09. The van der Waals surface area contributed by atoms with Gasteiger partial charge in [-0.1, -0.05) is 0 Å². The molecule has 0 saturated carbocycles. The fraction of sp³-hybridized carbons (Fsp3) is 0.438. The van der Waals surface area contributed by atoms with Gasteiger partial charge >= 0.3 is 0 Å². The summed E-state index contributed by atoms with van der Waals surface area (Å²) in [4.78, 5) is 2.39. The van der Waals surface area contributed by atoms with Crippen LogP contribution in [0.2, 0.25) is 0 Å². The number of anilines is 1. The molecule has 1 aliphatic rings. The molecule has 1 aliphatic heterocycles. The van der Waals surface area contributed by atoms with E-state index in [0.717, 1.165) is 37.4 Å². The highest BCUT2D eigenvalue weighted by molar-refractivity contribution is 5.56. The molecule has 0 atom stereocenters. The van der Waals surface area contributed by atoms with Crippen molar-refractivity contribution >= 4 is 5.69 Å². The normalized spacial score (nSPS) is 16.0. The smallest absolute Gasteiger partial charge is 0.162 e. The lowest BCUT2D eigenvalue weighted by molar-refractivity contribution is 0.353. The fourth-order valence-corrected chi connectivity index (χ4v) is 2.91. The zero-order valence-electron chi connectivity index (χ0n) is 12.5. The Morgan fingerprint density at radius 1 is 1.10 bits per heavy atom. The minimum atomic E-state index is 0.511. The Kier molecular flexibility index (Phi) is 3.99. The molecule has 0 bridgehead atoms. The predicted octanol–water partition coefficient (Wildman–Crippen LogP) is 2.74. The van der Waals surface area contributed by atoms with Crippen LogP contribution in [0, 0.1) is 0 Å². The number of hydrogen-bond donors (Lipinski definition) is 0. The molecule has 0 aliphatic carbocycles. The number of methoxy groups -OCH3 is 2. The van der Waals surface area contributed by atoms with Gasteiger partial charge in [0.2, 0.25) is 0 Å². The van der Waals surface area contributed by atoms with Crippen LogP contribution in [0.25, 0.3) is 0 Å². The number of piperidine rings is 1. The maximum Gasteiger partial charge on any atom is 0.162 e. The second kappa shape index (κ2) is 6.08. The highest BCUT2D eigenvalue weighted by Crippen LogP contribution is 2.33. The predicted molar refractivity (Wildman–Crippen MR) is 82.3 cm³/mol. The zero-order chi connectivity index (χ0) is 14.7. The summed E-state index contributed by atoms with van der Waals surface area (Å²) in [5, 5.41) is 4.35. The van der Waals surface area contributed by atoms with Gasteiger partial charge in [0, 0.05) is 37.2 Å². The van der Waals surface area contributed by atoms with E-state index in [1.54, 1.807) is 14.2 Å². The summed E-state index contributed by atoms with van der Waals surface area (Å²) in [6, 6.07) is 8.60. The third-order valence-electron chi connectivity index (χ3n) is 4.10. The first kappa shape index (κ1) is 13.8. The topological polar surface area (TPSA) is 39.5 Å². The monoisotopic (exact) mass is 287 g/mol. The molecular weight excluding hydrogens is 266 g/mol. The summed E-state index contributed by atoms with van der Waals surface area (Å²) < 4.78 is 12.7. The standard InChI is InChI=1S/C16H21N3O2/c1-20-15-5-4-14(12-16(15)21-2)18-10-6-13(7-11-18)19-9-3-8-17-19/h3-5,8-9,12-13H,6-7,10-11H2,1-2H3. The fourth-order valence-electron chi connectivity index (χ4n) is 2.91. The quantitative estimate of drug-likeness (QED) is 0.867. The van der Waals surface area contributed by atoms with Crippen molar-refractivity contribution in [3.05, 3.63) is 36.7 Å². The molecule has 5 heteroatoms. The third-order valence-corrected chi connectivity index (χ3v) is 4.10. The molecule has 1 aromatic heterocycles. The summed E-state index contributed by atoms with van der Waals surface area (Å²) in [5.74, 6) is 1.55. The van der Waals surface area contributed by atoms with Crippen LogP contribution < -0.4 is 14.4 Å². The van der Waals surface area contributed by atoms with Crippen molar-refractivity contribution in [2.45, 2.75) is 18.9 Å². The van der Waals surface area contributed by atoms with Gasteiger partial charge in [-0.15, -0.1) is 0 Å². The van der Waals surface area contributed by atoms with E-state index in [4.69, 9.17) is 9.47 Å². The van der Waals surface area contributed by atoms with Gasteiger partial charge in [-0.3, -0.25) is 4.68 Å². The van der Waals surface area contributed by atoms with E-state index in [2.05, 4.69) is 26.9 Å². The highest BCUT2D eigenvalue weighted by Gasteiger charge is 2.21. The first-order valence-corrected chi connectivity index (χ1v) is 7.28. The summed E-state index contributed by atoms with van der Waals surface area (Å²) >= 11 is 0. The van der Waals surface area contributed by atoms with Crippen molar-refractivity contribution in [3.8, 4) is 11.5 Å². The van der Waals surface area contributed by atoms with Gasteiger partial charge < -0.3 is 14.4 Å². The Morgan fingerprint density at radius 3 is 2.48 bits per heavy atom. The maximum atomic E-state index is 5.38. The van der Waals surface area contributed by atoms with Crippen molar-refractivity contribution in [2.75, 3.05) is 32.2 Å². The Balaban J connectivity index is 1.69. The minimum Gasteiger partial charge on any atom is -0.493 e. The summed E-state index contributed by atoms with van der Waals surface area (Å²) in [6.45, 7) is 2.06. The third kappa shape index (κ3) is 2.82. The number of aromatic nitrogens is 2. The molecule has 3 rings (SSSR count). The average molecular weight is 287 g/mol. The zero-order valence-corrected chi connectivity index (χ0v) is 12.5. The second-order valence-corrected chi connectivity index (χ2v) is 5.24. The lowest BCUT2D eigenvalue weighted by atomic mass is 10.0. The molecule has 2 heterocycles. The molecule has 0 unspecified atom stereocenters. The first-order valence-electron chi connectivity index (χ1n) is 7.28. The molecule has 0 radical (unpaired) electrons. The van der Waals surface area contributed by atoms with Crippen LogP contribution >= 0.6 is 0 Å². The number of nitrogens with zero attached hydrogens (tertiary/aromatic N) is 3. The van der Waals surface area contributed by atoms with Gasteiger partial charge in [0.05, 0.1) is 20.3 Å². The molecule has 0 amide bonds. The Hall–Kier alpha value is -2.17. The molecule has 21 heavy (non-hydrogen) atoms. The first-order chi connectivity index (χ1) is 10.3. The SMILES string of the molecule is COc1ccc(N2CCC(n3cccn3)CC2)cc1OC.